The lowest BCUT2D eigenvalue weighted by molar-refractivity contribution is -0.126. The Labute approximate surface area is 185 Å². The summed E-state index contributed by atoms with van der Waals surface area (Å²) in [4.78, 5) is 28.8. The van der Waals surface area contributed by atoms with Crippen LogP contribution in [0, 0.1) is 5.92 Å². The van der Waals surface area contributed by atoms with Gasteiger partial charge in [0.05, 0.1) is 5.69 Å². The van der Waals surface area contributed by atoms with Crippen LogP contribution in [0.5, 0.6) is 0 Å². The zero-order valence-electron chi connectivity index (χ0n) is 17.1. The van der Waals surface area contributed by atoms with Gasteiger partial charge >= 0.3 is 0 Å². The lowest BCUT2D eigenvalue weighted by atomic mass is 9.98. The lowest BCUT2D eigenvalue weighted by Crippen LogP contribution is -2.48. The quantitative estimate of drug-likeness (QED) is 0.498. The molecule has 4 rings (SSSR count). The molecule has 0 bridgehead atoms. The van der Waals surface area contributed by atoms with Gasteiger partial charge in [-0.05, 0) is 31.0 Å². The number of aromatic nitrogens is 3. The average Bonchev–Trinajstić information content (AvgIpc) is 3.34. The van der Waals surface area contributed by atoms with Gasteiger partial charge < -0.3 is 0 Å². The van der Waals surface area contributed by atoms with Gasteiger partial charge in [0.2, 0.25) is 15.9 Å². The SMILES string of the molecule is O=C(NNC(=O)C1CCN(S(=O)(=O)c2cccnc2)CC1)c1cc(-c2ccccc2)n[nH]1. The van der Waals surface area contributed by atoms with Crippen molar-refractivity contribution in [3.05, 3.63) is 66.6 Å². The van der Waals surface area contributed by atoms with Crippen LogP contribution in [0.15, 0.2) is 65.8 Å². The molecule has 1 aliphatic rings. The smallest absolute Gasteiger partial charge is 0.273 e. The van der Waals surface area contributed by atoms with Gasteiger partial charge in [0, 0.05) is 37.0 Å². The maximum atomic E-state index is 12.7. The number of hydrogen-bond acceptors (Lipinski definition) is 6. The Balaban J connectivity index is 1.28. The number of benzene rings is 1. The Morgan fingerprint density at radius 3 is 2.47 bits per heavy atom. The number of pyridine rings is 1. The molecule has 3 heterocycles. The molecule has 10 nitrogen and oxygen atoms in total. The van der Waals surface area contributed by atoms with Crippen molar-refractivity contribution in [2.45, 2.75) is 17.7 Å². The highest BCUT2D eigenvalue weighted by Crippen LogP contribution is 2.23. The number of amides is 2. The van der Waals surface area contributed by atoms with Crippen molar-refractivity contribution in [3.8, 4) is 11.3 Å². The molecule has 0 unspecified atom stereocenters. The Bertz CT molecular complexity index is 1190. The van der Waals surface area contributed by atoms with Gasteiger partial charge in [-0.2, -0.15) is 9.40 Å². The highest BCUT2D eigenvalue weighted by atomic mass is 32.2. The maximum absolute atomic E-state index is 12.7. The molecular formula is C21H22N6O4S. The molecule has 2 aromatic heterocycles. The van der Waals surface area contributed by atoms with E-state index in [-0.39, 0.29) is 29.6 Å². The fourth-order valence-electron chi connectivity index (χ4n) is 3.49. The number of piperidine rings is 1. The van der Waals surface area contributed by atoms with Crippen LogP contribution in [0.3, 0.4) is 0 Å². The van der Waals surface area contributed by atoms with E-state index in [1.165, 1.54) is 22.8 Å². The van der Waals surface area contributed by atoms with Crippen LogP contribution in [0.2, 0.25) is 0 Å². The van der Waals surface area contributed by atoms with Crippen molar-refractivity contribution in [2.75, 3.05) is 13.1 Å². The van der Waals surface area contributed by atoms with Crippen molar-refractivity contribution in [1.29, 1.82) is 0 Å². The summed E-state index contributed by atoms with van der Waals surface area (Å²) in [5.41, 5.74) is 6.48. The molecule has 3 aromatic rings. The number of hydrazine groups is 1. The molecule has 1 aliphatic heterocycles. The first-order chi connectivity index (χ1) is 15.4. The van der Waals surface area contributed by atoms with Crippen LogP contribution >= 0.6 is 0 Å². The molecule has 1 aromatic carbocycles. The van der Waals surface area contributed by atoms with E-state index in [1.54, 1.807) is 12.1 Å². The molecule has 2 amide bonds. The second-order valence-electron chi connectivity index (χ2n) is 7.34. The summed E-state index contributed by atoms with van der Waals surface area (Å²) < 4.78 is 26.7. The molecule has 0 aliphatic carbocycles. The Hall–Kier alpha value is -3.57. The minimum atomic E-state index is -3.64. The number of carbonyl (C=O) groups excluding carboxylic acids is 2. The van der Waals surface area contributed by atoms with Crippen LogP contribution < -0.4 is 10.9 Å². The first-order valence-corrected chi connectivity index (χ1v) is 11.5. The van der Waals surface area contributed by atoms with E-state index in [0.717, 1.165) is 5.56 Å². The summed E-state index contributed by atoms with van der Waals surface area (Å²) >= 11 is 0. The summed E-state index contributed by atoms with van der Waals surface area (Å²) in [6.07, 6.45) is 3.52. The fraction of sp³-hybridized carbons (Fsp3) is 0.238. The van der Waals surface area contributed by atoms with Gasteiger partial charge in [-0.25, -0.2) is 8.42 Å². The summed E-state index contributed by atoms with van der Waals surface area (Å²) in [6.45, 7) is 0.425. The molecule has 3 N–H and O–H groups in total. The minimum Gasteiger partial charge on any atom is -0.273 e. The number of carbonyl (C=O) groups is 2. The van der Waals surface area contributed by atoms with Gasteiger partial charge in [0.25, 0.3) is 5.91 Å². The number of hydrogen-bond donors (Lipinski definition) is 3. The van der Waals surface area contributed by atoms with Crippen molar-refractivity contribution in [1.82, 2.24) is 30.3 Å². The molecule has 0 spiro atoms. The summed E-state index contributed by atoms with van der Waals surface area (Å²) in [5, 5.41) is 6.77. The third kappa shape index (κ3) is 4.68. The van der Waals surface area contributed by atoms with Crippen molar-refractivity contribution >= 4 is 21.8 Å². The van der Waals surface area contributed by atoms with Crippen molar-refractivity contribution in [2.24, 2.45) is 5.92 Å². The molecule has 0 saturated carbocycles. The second-order valence-corrected chi connectivity index (χ2v) is 9.28. The molecule has 11 heteroatoms. The van der Waals surface area contributed by atoms with Gasteiger partial charge in [0.15, 0.2) is 0 Å². The van der Waals surface area contributed by atoms with Crippen LogP contribution in [-0.4, -0.2) is 52.8 Å². The zero-order chi connectivity index (χ0) is 22.6. The summed E-state index contributed by atoms with van der Waals surface area (Å²) in [5.74, 6) is -1.29. The van der Waals surface area contributed by atoms with E-state index in [4.69, 9.17) is 0 Å². The van der Waals surface area contributed by atoms with E-state index in [9.17, 15) is 18.0 Å². The number of sulfonamides is 1. The van der Waals surface area contributed by atoms with E-state index in [1.807, 2.05) is 30.3 Å². The Kier molecular flexibility index (Phi) is 6.28. The van der Waals surface area contributed by atoms with E-state index in [0.29, 0.717) is 18.5 Å². The van der Waals surface area contributed by atoms with Crippen molar-refractivity contribution < 1.29 is 18.0 Å². The minimum absolute atomic E-state index is 0.129. The number of H-pyrrole nitrogens is 1. The summed E-state index contributed by atoms with van der Waals surface area (Å²) in [6, 6.07) is 14.0. The second kappa shape index (κ2) is 9.28. The molecule has 32 heavy (non-hydrogen) atoms. The van der Waals surface area contributed by atoms with Crippen LogP contribution in [-0.2, 0) is 14.8 Å². The van der Waals surface area contributed by atoms with Gasteiger partial charge in [-0.15, -0.1) is 0 Å². The standard InChI is InChI=1S/C21H22N6O4S/c28-20(16-8-11-27(12-9-16)32(30,31)17-7-4-10-22-14-17)25-26-21(29)19-13-18(23-24-19)15-5-2-1-3-6-15/h1-7,10,13-14,16H,8-9,11-12H2,(H,23,24)(H,25,28)(H,26,29). The normalized spacial score (nSPS) is 15.2. The highest BCUT2D eigenvalue weighted by Gasteiger charge is 2.32. The number of aromatic amines is 1. The van der Waals surface area contributed by atoms with Crippen LogP contribution in [0.4, 0.5) is 0 Å². The third-order valence-corrected chi connectivity index (χ3v) is 7.17. The third-order valence-electron chi connectivity index (χ3n) is 5.29. The monoisotopic (exact) mass is 454 g/mol. The van der Waals surface area contributed by atoms with Crippen LogP contribution in [0.1, 0.15) is 23.3 Å². The number of nitrogens with zero attached hydrogens (tertiary/aromatic N) is 3. The zero-order valence-corrected chi connectivity index (χ0v) is 17.9. The topological polar surface area (TPSA) is 137 Å². The molecule has 0 radical (unpaired) electrons. The number of nitrogens with one attached hydrogen (secondary N) is 3. The predicted octanol–water partition coefficient (Wildman–Crippen LogP) is 1.33. The predicted molar refractivity (Wildman–Crippen MR) is 115 cm³/mol. The van der Waals surface area contributed by atoms with Crippen molar-refractivity contribution in [3.63, 3.8) is 0 Å². The summed E-state index contributed by atoms with van der Waals surface area (Å²) in [7, 11) is -3.64. The van der Waals surface area contributed by atoms with E-state index < -0.39 is 21.8 Å². The Morgan fingerprint density at radius 1 is 1.03 bits per heavy atom. The molecule has 1 saturated heterocycles. The Morgan fingerprint density at radius 2 is 1.78 bits per heavy atom. The molecule has 1 fully saturated rings. The van der Waals surface area contributed by atoms with Crippen LogP contribution in [0.25, 0.3) is 11.3 Å². The maximum Gasteiger partial charge on any atom is 0.287 e. The fourth-order valence-corrected chi connectivity index (χ4v) is 4.92. The molecule has 0 atom stereocenters. The van der Waals surface area contributed by atoms with Gasteiger partial charge in [-0.3, -0.25) is 30.5 Å². The van der Waals surface area contributed by atoms with Gasteiger partial charge in [0.1, 0.15) is 10.6 Å². The first kappa shape index (κ1) is 21.7. The highest BCUT2D eigenvalue weighted by molar-refractivity contribution is 7.89. The molecule has 166 valence electrons. The largest absolute Gasteiger partial charge is 0.287 e. The number of rotatable bonds is 5. The lowest BCUT2D eigenvalue weighted by Gasteiger charge is -2.30. The molecular weight excluding hydrogens is 432 g/mol. The van der Waals surface area contributed by atoms with Gasteiger partial charge in [-0.1, -0.05) is 30.3 Å². The van der Waals surface area contributed by atoms with E-state index >= 15 is 0 Å². The first-order valence-electron chi connectivity index (χ1n) is 10.1. The van der Waals surface area contributed by atoms with E-state index in [2.05, 4.69) is 26.0 Å². The average molecular weight is 455 g/mol.